The molecule has 0 saturated carbocycles. The standard InChI is InChI=1S/C27H28FN3O3/c1-19-17-30(15-16-31(19)27(33)34)18-20-3-13-25(14-4-20)29(2)26(32)23-7-5-21(6-8-23)22-9-11-24(28)12-10-22/h3-14,19H,15-18H2,1-2H3,(H,33,34)/t19-/m0/s1. The molecule has 34 heavy (non-hydrogen) atoms. The van der Waals surface area contributed by atoms with Gasteiger partial charge in [0.1, 0.15) is 5.82 Å². The van der Waals surface area contributed by atoms with E-state index in [1.54, 1.807) is 36.2 Å². The molecule has 1 aliphatic heterocycles. The maximum absolute atomic E-state index is 13.1. The number of carboxylic acid groups (broad SMARTS) is 1. The number of halogens is 1. The fourth-order valence-electron chi connectivity index (χ4n) is 4.30. The van der Waals surface area contributed by atoms with E-state index >= 15 is 0 Å². The van der Waals surface area contributed by atoms with Crippen LogP contribution in [0.5, 0.6) is 0 Å². The Bertz CT molecular complexity index is 1150. The van der Waals surface area contributed by atoms with Crippen LogP contribution in [0, 0.1) is 5.82 Å². The normalized spacial score (nSPS) is 16.3. The lowest BCUT2D eigenvalue weighted by atomic mass is 10.0. The first kappa shape index (κ1) is 23.4. The van der Waals surface area contributed by atoms with Crippen LogP contribution < -0.4 is 4.90 Å². The summed E-state index contributed by atoms with van der Waals surface area (Å²) in [4.78, 5) is 29.6. The zero-order chi connectivity index (χ0) is 24.2. The van der Waals surface area contributed by atoms with Crippen LogP contribution in [-0.4, -0.2) is 59.6 Å². The quantitative estimate of drug-likeness (QED) is 0.584. The van der Waals surface area contributed by atoms with Crippen LogP contribution in [-0.2, 0) is 6.54 Å². The van der Waals surface area contributed by atoms with E-state index in [0.717, 1.165) is 28.9 Å². The highest BCUT2D eigenvalue weighted by molar-refractivity contribution is 6.05. The fraction of sp³-hybridized carbons (Fsp3) is 0.259. The molecule has 2 amide bonds. The second-order valence-corrected chi connectivity index (χ2v) is 8.67. The Kier molecular flexibility index (Phi) is 6.93. The smallest absolute Gasteiger partial charge is 0.407 e. The van der Waals surface area contributed by atoms with Crippen molar-refractivity contribution in [2.45, 2.75) is 19.5 Å². The molecule has 1 N–H and O–H groups in total. The van der Waals surface area contributed by atoms with Gasteiger partial charge in [-0.1, -0.05) is 36.4 Å². The van der Waals surface area contributed by atoms with Crippen molar-refractivity contribution in [1.29, 1.82) is 0 Å². The van der Waals surface area contributed by atoms with Crippen LogP contribution in [0.25, 0.3) is 11.1 Å². The number of hydrogen-bond donors (Lipinski definition) is 1. The monoisotopic (exact) mass is 461 g/mol. The SMILES string of the molecule is C[C@H]1CN(Cc2ccc(N(C)C(=O)c3ccc(-c4ccc(F)cc4)cc3)cc2)CCN1C(=O)O. The molecule has 0 aromatic heterocycles. The van der Waals surface area contributed by atoms with Crippen molar-refractivity contribution >= 4 is 17.7 Å². The minimum Gasteiger partial charge on any atom is -0.465 e. The van der Waals surface area contributed by atoms with E-state index in [1.165, 1.54) is 17.0 Å². The van der Waals surface area contributed by atoms with Crippen LogP contribution >= 0.6 is 0 Å². The van der Waals surface area contributed by atoms with Crippen molar-refractivity contribution in [1.82, 2.24) is 9.80 Å². The summed E-state index contributed by atoms with van der Waals surface area (Å²) in [5.41, 5.74) is 4.29. The van der Waals surface area contributed by atoms with Crippen LogP contribution in [0.1, 0.15) is 22.8 Å². The van der Waals surface area contributed by atoms with Crippen molar-refractivity contribution in [2.24, 2.45) is 0 Å². The molecule has 3 aromatic rings. The van der Waals surface area contributed by atoms with E-state index < -0.39 is 6.09 Å². The number of anilines is 1. The van der Waals surface area contributed by atoms with E-state index in [1.807, 2.05) is 43.3 Å². The largest absolute Gasteiger partial charge is 0.465 e. The number of hydrogen-bond acceptors (Lipinski definition) is 3. The van der Waals surface area contributed by atoms with Crippen LogP contribution in [0.4, 0.5) is 14.9 Å². The summed E-state index contributed by atoms with van der Waals surface area (Å²) in [6, 6.07) is 21.4. The molecule has 3 aromatic carbocycles. The Balaban J connectivity index is 1.37. The van der Waals surface area contributed by atoms with Gasteiger partial charge in [0.25, 0.3) is 5.91 Å². The zero-order valence-corrected chi connectivity index (χ0v) is 19.3. The molecule has 1 aliphatic rings. The van der Waals surface area contributed by atoms with Gasteiger partial charge >= 0.3 is 6.09 Å². The molecule has 0 radical (unpaired) electrons. The molecule has 176 valence electrons. The first-order valence-electron chi connectivity index (χ1n) is 11.3. The van der Waals surface area contributed by atoms with Gasteiger partial charge in [-0.25, -0.2) is 9.18 Å². The highest BCUT2D eigenvalue weighted by Crippen LogP contribution is 2.22. The number of benzene rings is 3. The van der Waals surface area contributed by atoms with E-state index in [9.17, 15) is 19.1 Å². The summed E-state index contributed by atoms with van der Waals surface area (Å²) >= 11 is 0. The predicted octanol–water partition coefficient (Wildman–Crippen LogP) is 4.95. The van der Waals surface area contributed by atoms with Gasteiger partial charge in [0, 0.05) is 50.5 Å². The lowest BCUT2D eigenvalue weighted by molar-refractivity contribution is 0.0711. The average Bonchev–Trinajstić information content (AvgIpc) is 2.84. The van der Waals surface area contributed by atoms with Gasteiger partial charge in [-0.2, -0.15) is 0 Å². The van der Waals surface area contributed by atoms with Crippen molar-refractivity contribution in [3.8, 4) is 11.1 Å². The Labute approximate surface area is 198 Å². The molecule has 0 unspecified atom stereocenters. The molecular weight excluding hydrogens is 433 g/mol. The van der Waals surface area contributed by atoms with Gasteiger partial charge < -0.3 is 14.9 Å². The highest BCUT2D eigenvalue weighted by atomic mass is 19.1. The van der Waals surface area contributed by atoms with E-state index in [2.05, 4.69) is 4.90 Å². The Morgan fingerprint density at radius 3 is 2.09 bits per heavy atom. The van der Waals surface area contributed by atoms with Crippen molar-refractivity contribution in [3.05, 3.63) is 89.7 Å². The summed E-state index contributed by atoms with van der Waals surface area (Å²) in [6.07, 6.45) is -0.866. The maximum atomic E-state index is 13.1. The van der Waals surface area contributed by atoms with Gasteiger partial charge in [0.05, 0.1) is 0 Å². The van der Waals surface area contributed by atoms with Crippen molar-refractivity contribution < 1.29 is 19.1 Å². The van der Waals surface area contributed by atoms with E-state index in [0.29, 0.717) is 25.2 Å². The molecular formula is C27H28FN3O3. The van der Waals surface area contributed by atoms with Gasteiger partial charge in [0.15, 0.2) is 0 Å². The lowest BCUT2D eigenvalue weighted by Crippen LogP contribution is -2.53. The van der Waals surface area contributed by atoms with Crippen LogP contribution in [0.15, 0.2) is 72.8 Å². The third kappa shape index (κ3) is 5.26. The fourth-order valence-corrected chi connectivity index (χ4v) is 4.30. The minimum atomic E-state index is -0.866. The molecule has 0 bridgehead atoms. The molecule has 1 fully saturated rings. The summed E-state index contributed by atoms with van der Waals surface area (Å²) in [7, 11) is 1.75. The van der Waals surface area contributed by atoms with Gasteiger partial charge in [-0.3, -0.25) is 9.69 Å². The van der Waals surface area contributed by atoms with Gasteiger partial charge in [-0.05, 0) is 60.0 Å². The Hall–Kier alpha value is -3.71. The second kappa shape index (κ2) is 10.1. The van der Waals surface area contributed by atoms with E-state index in [4.69, 9.17) is 0 Å². The third-order valence-electron chi connectivity index (χ3n) is 6.30. The van der Waals surface area contributed by atoms with E-state index in [-0.39, 0.29) is 17.8 Å². The van der Waals surface area contributed by atoms with Crippen molar-refractivity contribution in [2.75, 3.05) is 31.6 Å². The first-order valence-corrected chi connectivity index (χ1v) is 11.3. The lowest BCUT2D eigenvalue weighted by Gasteiger charge is -2.38. The Morgan fingerprint density at radius 2 is 1.53 bits per heavy atom. The molecule has 1 heterocycles. The zero-order valence-electron chi connectivity index (χ0n) is 19.3. The van der Waals surface area contributed by atoms with Crippen LogP contribution in [0.2, 0.25) is 0 Å². The molecule has 7 heteroatoms. The topological polar surface area (TPSA) is 64.1 Å². The molecule has 1 saturated heterocycles. The Morgan fingerprint density at radius 1 is 0.941 bits per heavy atom. The van der Waals surface area contributed by atoms with Gasteiger partial charge in [0.2, 0.25) is 0 Å². The summed E-state index contributed by atoms with van der Waals surface area (Å²) < 4.78 is 13.1. The number of nitrogens with zero attached hydrogens (tertiary/aromatic N) is 3. The predicted molar refractivity (Wildman–Crippen MR) is 130 cm³/mol. The molecule has 1 atom stereocenters. The molecule has 4 rings (SSSR count). The maximum Gasteiger partial charge on any atom is 0.407 e. The summed E-state index contributed by atoms with van der Waals surface area (Å²) in [6.45, 7) is 4.56. The second-order valence-electron chi connectivity index (χ2n) is 8.67. The molecule has 0 spiro atoms. The van der Waals surface area contributed by atoms with Crippen LogP contribution in [0.3, 0.4) is 0 Å². The first-order chi connectivity index (χ1) is 16.3. The summed E-state index contributed by atoms with van der Waals surface area (Å²) in [5.74, 6) is -0.393. The van der Waals surface area contributed by atoms with Crippen molar-refractivity contribution in [3.63, 3.8) is 0 Å². The molecule has 0 aliphatic carbocycles. The van der Waals surface area contributed by atoms with Gasteiger partial charge in [-0.15, -0.1) is 0 Å². The number of amides is 2. The highest BCUT2D eigenvalue weighted by Gasteiger charge is 2.27. The third-order valence-corrected chi connectivity index (χ3v) is 6.30. The number of piperazine rings is 1. The summed E-state index contributed by atoms with van der Waals surface area (Å²) in [5, 5.41) is 9.23. The number of carbonyl (C=O) groups excluding carboxylic acids is 1. The average molecular weight is 462 g/mol. The molecule has 6 nitrogen and oxygen atoms in total. The number of rotatable bonds is 5. The number of carbonyl (C=O) groups is 2. The minimum absolute atomic E-state index is 0.0382.